The number of hydrogen-bond donors (Lipinski definition) is 3. The van der Waals surface area contributed by atoms with Crippen molar-refractivity contribution in [2.24, 2.45) is 41.4 Å². The van der Waals surface area contributed by atoms with Gasteiger partial charge in [0, 0.05) is 37.0 Å². The molecule has 0 radical (unpaired) electrons. The first-order chi connectivity index (χ1) is 26.2. The molecule has 0 aromatic heterocycles. The summed E-state index contributed by atoms with van der Waals surface area (Å²) >= 11 is 0. The van der Waals surface area contributed by atoms with Gasteiger partial charge in [-0.25, -0.2) is 0 Å². The molecule has 5 heterocycles. The normalized spacial score (nSPS) is 44.2. The first-order valence-corrected chi connectivity index (χ1v) is 21.6. The lowest BCUT2D eigenvalue weighted by Gasteiger charge is -2.55. The summed E-state index contributed by atoms with van der Waals surface area (Å²) in [7, 11) is 0. The molecule has 0 unspecified atom stereocenters. The molecule has 0 amide bonds. The van der Waals surface area contributed by atoms with Gasteiger partial charge in [0.15, 0.2) is 11.9 Å². The second-order valence-electron chi connectivity index (χ2n) is 18.5. The van der Waals surface area contributed by atoms with Gasteiger partial charge in [-0.1, -0.05) is 55.4 Å². The summed E-state index contributed by atoms with van der Waals surface area (Å²) in [5, 5.41) is 32.7. The van der Waals surface area contributed by atoms with Crippen LogP contribution >= 0.6 is 0 Å². The first kappa shape index (κ1) is 45.2. The minimum atomic E-state index is -1.46. The highest BCUT2D eigenvalue weighted by Crippen LogP contribution is 2.54. The fourth-order valence-corrected chi connectivity index (χ4v) is 10.8. The maximum atomic E-state index is 14.6. The van der Waals surface area contributed by atoms with E-state index in [0.29, 0.717) is 57.8 Å². The predicted octanol–water partition coefficient (Wildman–Crippen LogP) is 6.76. The molecule has 12 heteroatoms. The molecule has 56 heavy (non-hydrogen) atoms. The van der Waals surface area contributed by atoms with Crippen molar-refractivity contribution in [3.63, 3.8) is 0 Å². The lowest BCUT2D eigenvalue weighted by atomic mass is 9.72. The monoisotopic (exact) mass is 793 g/mol. The third-order valence-electron chi connectivity index (χ3n) is 14.7. The van der Waals surface area contributed by atoms with Crippen LogP contribution in [0, 0.1) is 41.4 Å². The Hall–Kier alpha value is -1.93. The highest BCUT2D eigenvalue weighted by molar-refractivity contribution is 5.84. The number of carbonyl (C=O) groups excluding carboxylic acids is 2. The molecule has 0 saturated carbocycles. The summed E-state index contributed by atoms with van der Waals surface area (Å²) < 4.78 is 39.9. The van der Waals surface area contributed by atoms with Gasteiger partial charge in [-0.2, -0.15) is 0 Å². The largest absolute Gasteiger partial charge is 0.481 e. The number of esters is 1. The van der Waals surface area contributed by atoms with E-state index in [1.54, 1.807) is 6.92 Å². The number of ether oxygens (including phenoxy) is 6. The van der Waals surface area contributed by atoms with E-state index in [1.807, 2.05) is 60.6 Å². The Bertz CT molecular complexity index is 1440. The maximum absolute atomic E-state index is 14.6. The zero-order chi connectivity index (χ0) is 41.5. The van der Waals surface area contributed by atoms with Gasteiger partial charge < -0.3 is 43.7 Å². The van der Waals surface area contributed by atoms with E-state index >= 15 is 0 Å². The van der Waals surface area contributed by atoms with Gasteiger partial charge in [0.1, 0.15) is 5.78 Å². The number of carboxylic acid groups (broad SMARTS) is 1. The molecule has 5 aliphatic heterocycles. The van der Waals surface area contributed by atoms with E-state index in [9.17, 15) is 29.7 Å². The molecular formula is C44H72O12. The number of aliphatic carboxylic acids is 1. The van der Waals surface area contributed by atoms with Crippen LogP contribution in [0.5, 0.6) is 0 Å². The molecule has 3 N–H and O–H groups in total. The van der Waals surface area contributed by atoms with Crippen LogP contribution in [0.15, 0.2) is 12.2 Å². The molecule has 18 atom stereocenters. The van der Waals surface area contributed by atoms with Gasteiger partial charge in [0.2, 0.25) is 5.79 Å². The third-order valence-corrected chi connectivity index (χ3v) is 14.7. The Morgan fingerprint density at radius 3 is 2.16 bits per heavy atom. The van der Waals surface area contributed by atoms with E-state index in [2.05, 4.69) is 13.8 Å². The van der Waals surface area contributed by atoms with E-state index in [0.717, 1.165) is 6.42 Å². The number of aliphatic hydroxyl groups excluding tert-OH is 1. The highest BCUT2D eigenvalue weighted by Gasteiger charge is 2.64. The van der Waals surface area contributed by atoms with Gasteiger partial charge in [-0.05, 0) is 95.6 Å². The Morgan fingerprint density at radius 2 is 1.57 bits per heavy atom. The molecule has 0 aliphatic carbocycles. The van der Waals surface area contributed by atoms with Crippen LogP contribution in [0.4, 0.5) is 0 Å². The van der Waals surface area contributed by atoms with Gasteiger partial charge in [-0.3, -0.25) is 14.4 Å². The lowest BCUT2D eigenvalue weighted by molar-refractivity contribution is -0.416. The van der Waals surface area contributed by atoms with Gasteiger partial charge in [-0.15, -0.1) is 0 Å². The first-order valence-electron chi connectivity index (χ1n) is 21.6. The molecule has 5 rings (SSSR count). The molecule has 4 saturated heterocycles. The lowest BCUT2D eigenvalue weighted by Crippen LogP contribution is -2.66. The van der Waals surface area contributed by atoms with Crippen molar-refractivity contribution in [3.8, 4) is 0 Å². The highest BCUT2D eigenvalue weighted by atomic mass is 16.8. The van der Waals surface area contributed by atoms with Gasteiger partial charge >= 0.3 is 11.9 Å². The van der Waals surface area contributed by atoms with Crippen LogP contribution in [0.25, 0.3) is 0 Å². The molecule has 0 aromatic rings. The zero-order valence-electron chi connectivity index (χ0n) is 35.8. The van der Waals surface area contributed by atoms with Crippen LogP contribution in [-0.2, 0) is 42.8 Å². The number of Topliss-reactive ketones (excluding diaryl/α,β-unsaturated/α-hetero) is 1. The molecule has 0 bridgehead atoms. The molecular weight excluding hydrogens is 720 g/mol. The summed E-state index contributed by atoms with van der Waals surface area (Å²) in [6.07, 6.45) is 5.53. The van der Waals surface area contributed by atoms with E-state index < -0.39 is 88.9 Å². The average molecular weight is 793 g/mol. The Labute approximate surface area is 334 Å². The smallest absolute Gasteiger partial charge is 0.309 e. The van der Waals surface area contributed by atoms with Crippen molar-refractivity contribution in [2.45, 2.75) is 206 Å². The molecule has 5 aliphatic rings. The molecule has 12 nitrogen and oxygen atoms in total. The van der Waals surface area contributed by atoms with Crippen LogP contribution in [0.1, 0.15) is 140 Å². The molecule has 2 spiro atoms. The number of carbonyl (C=O) groups is 3. The van der Waals surface area contributed by atoms with E-state index in [4.69, 9.17) is 28.4 Å². The summed E-state index contributed by atoms with van der Waals surface area (Å²) in [6, 6.07) is 0. The molecule has 320 valence electrons. The Kier molecular flexibility index (Phi) is 14.0. The summed E-state index contributed by atoms with van der Waals surface area (Å²) in [4.78, 5) is 39.1. The minimum absolute atomic E-state index is 0.0663. The minimum Gasteiger partial charge on any atom is -0.481 e. The van der Waals surface area contributed by atoms with Gasteiger partial charge in [0.25, 0.3) is 0 Å². The summed E-state index contributed by atoms with van der Waals surface area (Å²) in [5.41, 5.74) is -1.60. The number of hydrogen-bond acceptors (Lipinski definition) is 11. The number of aliphatic hydroxyl groups is 2. The van der Waals surface area contributed by atoms with Crippen molar-refractivity contribution in [3.05, 3.63) is 12.2 Å². The SMILES string of the molecule is CC[C@@H](C(=O)[C@@H](C)[C@@H](O)[C@H](C)[C@@H]1O[C@@H]([C@@H](CC)C(=O)O)CC[C@@H]1C)[C@H]1O[C@@]2(O[C@]3(C=C[C@@H]2OC(C)=O)CC[C@@](C)([C@H]2CC[C@](O)(CC)[C@H](C)O2)O3)[C@H](C)C[C@@H]1C. The topological polar surface area (TPSA) is 167 Å². The average Bonchev–Trinajstić information content (AvgIpc) is 3.48. The number of ketones is 1. The van der Waals surface area contributed by atoms with Crippen molar-refractivity contribution >= 4 is 17.7 Å². The standard InChI is InChI=1S/C44H72O12/c1-12-31(40(48)49)33-16-15-24(4)38(53-33)28(8)36(46)27(7)37(47)32(13-2)39-25(5)23-26(6)44(54-39)35(52-30(10)45)18-20-43(56-44)22-21-41(11,55-43)34-17-19-42(50,14-3)29(9)51-34/h18,20,24-29,31-36,38-39,46,50H,12-17,19,21-23H2,1-11H3,(H,48,49)/t24-,25-,26+,27-,28-,29-,31+,32-,33+,34+,35-,36+,38+,39-,41-,42+,43+,44+/m0/s1. The second-order valence-corrected chi connectivity index (χ2v) is 18.5. The zero-order valence-corrected chi connectivity index (χ0v) is 35.8. The molecule has 0 aromatic carbocycles. The Morgan fingerprint density at radius 1 is 0.893 bits per heavy atom. The van der Waals surface area contributed by atoms with Crippen molar-refractivity contribution in [1.82, 2.24) is 0 Å². The number of carboxylic acids is 1. The second kappa shape index (κ2) is 17.3. The molecule has 4 fully saturated rings. The fraction of sp³-hybridized carbons (Fsp3) is 0.886. The van der Waals surface area contributed by atoms with Crippen LogP contribution in [0.2, 0.25) is 0 Å². The van der Waals surface area contributed by atoms with Crippen molar-refractivity contribution < 1.29 is 58.1 Å². The van der Waals surface area contributed by atoms with Gasteiger partial charge in [0.05, 0.1) is 53.7 Å². The third kappa shape index (κ3) is 8.54. The van der Waals surface area contributed by atoms with Crippen molar-refractivity contribution in [1.29, 1.82) is 0 Å². The van der Waals surface area contributed by atoms with Crippen LogP contribution < -0.4 is 0 Å². The van der Waals surface area contributed by atoms with E-state index in [-0.39, 0.29) is 35.7 Å². The van der Waals surface area contributed by atoms with Crippen LogP contribution in [-0.4, -0.2) is 98.5 Å². The van der Waals surface area contributed by atoms with Crippen molar-refractivity contribution in [2.75, 3.05) is 0 Å². The fourth-order valence-electron chi connectivity index (χ4n) is 10.8. The van der Waals surface area contributed by atoms with E-state index in [1.165, 1.54) is 6.92 Å². The number of rotatable bonds is 13. The summed E-state index contributed by atoms with van der Waals surface area (Å²) in [5.74, 6) is -6.81. The summed E-state index contributed by atoms with van der Waals surface area (Å²) in [6.45, 7) is 20.8. The van der Waals surface area contributed by atoms with Crippen LogP contribution in [0.3, 0.4) is 0 Å². The quantitative estimate of drug-likeness (QED) is 0.133. The Balaban J connectivity index is 1.37. The predicted molar refractivity (Wildman–Crippen MR) is 208 cm³/mol. The maximum Gasteiger partial charge on any atom is 0.309 e.